The van der Waals surface area contributed by atoms with E-state index in [1.165, 1.54) is 19.3 Å². The molecule has 0 bridgehead atoms. The maximum Gasteiger partial charge on any atom is 0.0920 e. The lowest BCUT2D eigenvalue weighted by molar-refractivity contribution is 0.157. The number of fused-ring (bicyclic) bond motifs is 1. The van der Waals surface area contributed by atoms with Crippen molar-refractivity contribution in [2.45, 2.75) is 63.9 Å². The van der Waals surface area contributed by atoms with Crippen molar-refractivity contribution in [2.75, 3.05) is 0 Å². The first-order chi connectivity index (χ1) is 6.04. The van der Waals surface area contributed by atoms with Crippen LogP contribution in [0, 0.1) is 5.41 Å². The van der Waals surface area contributed by atoms with Gasteiger partial charge in [0.1, 0.15) is 0 Å². The standard InChI is InChI=1S/C11H18O2/c1-7-9(12-7)10(2)4-5-11(3)8(6-10)13-11/h7-9H,4-6H2,1-3H3/t7-,8-,9-,10-,11-/m1/s1. The fraction of sp³-hybridized carbons (Fsp3) is 1.00. The molecule has 0 aromatic rings. The van der Waals surface area contributed by atoms with E-state index in [9.17, 15) is 0 Å². The van der Waals surface area contributed by atoms with E-state index in [1.54, 1.807) is 0 Å². The van der Waals surface area contributed by atoms with Gasteiger partial charge in [-0.1, -0.05) is 6.92 Å². The molecule has 0 N–H and O–H groups in total. The summed E-state index contributed by atoms with van der Waals surface area (Å²) in [5.74, 6) is 0. The topological polar surface area (TPSA) is 25.1 Å². The molecule has 2 nitrogen and oxygen atoms in total. The molecule has 3 aliphatic rings. The lowest BCUT2D eigenvalue weighted by atomic mass is 9.69. The lowest BCUT2D eigenvalue weighted by Crippen LogP contribution is -2.34. The van der Waals surface area contributed by atoms with Crippen LogP contribution in [0.1, 0.15) is 40.0 Å². The maximum absolute atomic E-state index is 5.72. The molecule has 3 rings (SSSR count). The monoisotopic (exact) mass is 182 g/mol. The second-order valence-corrected chi connectivity index (χ2v) is 5.54. The van der Waals surface area contributed by atoms with Crippen molar-refractivity contribution in [1.29, 1.82) is 0 Å². The molecule has 74 valence electrons. The van der Waals surface area contributed by atoms with Crippen molar-refractivity contribution in [1.82, 2.24) is 0 Å². The average Bonchev–Trinajstić information content (AvgIpc) is 2.89. The molecule has 2 heteroatoms. The summed E-state index contributed by atoms with van der Waals surface area (Å²) in [4.78, 5) is 0. The Morgan fingerprint density at radius 2 is 1.92 bits per heavy atom. The van der Waals surface area contributed by atoms with Crippen LogP contribution in [0.4, 0.5) is 0 Å². The van der Waals surface area contributed by atoms with Crippen LogP contribution in [-0.2, 0) is 9.47 Å². The molecule has 13 heavy (non-hydrogen) atoms. The van der Waals surface area contributed by atoms with Crippen LogP contribution < -0.4 is 0 Å². The highest BCUT2D eigenvalue weighted by Crippen LogP contribution is 2.58. The summed E-state index contributed by atoms with van der Waals surface area (Å²) in [7, 11) is 0. The van der Waals surface area contributed by atoms with Gasteiger partial charge in [0.15, 0.2) is 0 Å². The van der Waals surface area contributed by atoms with Crippen LogP contribution in [0.3, 0.4) is 0 Å². The maximum atomic E-state index is 5.72. The minimum Gasteiger partial charge on any atom is -0.369 e. The highest BCUT2D eigenvalue weighted by molar-refractivity contribution is 5.11. The van der Waals surface area contributed by atoms with E-state index in [2.05, 4.69) is 20.8 Å². The van der Waals surface area contributed by atoms with Gasteiger partial charge >= 0.3 is 0 Å². The Kier molecular flexibility index (Phi) is 1.34. The number of hydrogen-bond donors (Lipinski definition) is 0. The fourth-order valence-electron chi connectivity index (χ4n) is 3.00. The Balaban J connectivity index is 1.73. The Hall–Kier alpha value is -0.0800. The van der Waals surface area contributed by atoms with E-state index in [0.29, 0.717) is 23.7 Å². The van der Waals surface area contributed by atoms with Gasteiger partial charge in [-0.15, -0.1) is 0 Å². The Morgan fingerprint density at radius 3 is 2.46 bits per heavy atom. The van der Waals surface area contributed by atoms with Gasteiger partial charge in [-0.3, -0.25) is 0 Å². The largest absolute Gasteiger partial charge is 0.369 e. The second kappa shape index (κ2) is 2.12. The summed E-state index contributed by atoms with van der Waals surface area (Å²) in [6.07, 6.45) is 5.24. The quantitative estimate of drug-likeness (QED) is 0.580. The third kappa shape index (κ3) is 1.08. The molecule has 1 aliphatic carbocycles. The fourth-order valence-corrected chi connectivity index (χ4v) is 3.00. The second-order valence-electron chi connectivity index (χ2n) is 5.54. The first kappa shape index (κ1) is 8.25. The van der Waals surface area contributed by atoms with Gasteiger partial charge in [0.25, 0.3) is 0 Å². The summed E-state index contributed by atoms with van der Waals surface area (Å²) in [5, 5.41) is 0. The third-order valence-corrected chi connectivity index (χ3v) is 4.28. The molecule has 1 saturated carbocycles. The van der Waals surface area contributed by atoms with Crippen LogP contribution >= 0.6 is 0 Å². The molecule has 2 heterocycles. The number of epoxide rings is 2. The molecule has 0 aromatic carbocycles. The number of hydrogen-bond acceptors (Lipinski definition) is 2. The van der Waals surface area contributed by atoms with Gasteiger partial charge in [-0.05, 0) is 38.5 Å². The summed E-state index contributed by atoms with van der Waals surface area (Å²) >= 11 is 0. The predicted molar refractivity (Wildman–Crippen MR) is 49.6 cm³/mol. The van der Waals surface area contributed by atoms with Crippen molar-refractivity contribution in [3.63, 3.8) is 0 Å². The molecule has 0 unspecified atom stereocenters. The molecular weight excluding hydrogens is 164 g/mol. The van der Waals surface area contributed by atoms with Crippen LogP contribution in [0.2, 0.25) is 0 Å². The highest BCUT2D eigenvalue weighted by Gasteiger charge is 2.62. The summed E-state index contributed by atoms with van der Waals surface area (Å²) in [5.41, 5.74) is 0.651. The Morgan fingerprint density at radius 1 is 1.23 bits per heavy atom. The zero-order valence-corrected chi connectivity index (χ0v) is 8.67. The van der Waals surface area contributed by atoms with E-state index in [1.807, 2.05) is 0 Å². The molecule has 0 amide bonds. The first-order valence-corrected chi connectivity index (χ1v) is 5.37. The molecule has 2 saturated heterocycles. The first-order valence-electron chi connectivity index (χ1n) is 5.37. The molecule has 3 fully saturated rings. The minimum absolute atomic E-state index is 0.248. The minimum atomic E-state index is 0.248. The van der Waals surface area contributed by atoms with Crippen molar-refractivity contribution >= 4 is 0 Å². The van der Waals surface area contributed by atoms with Crippen molar-refractivity contribution in [3.8, 4) is 0 Å². The van der Waals surface area contributed by atoms with Crippen LogP contribution in [0.5, 0.6) is 0 Å². The van der Waals surface area contributed by atoms with E-state index < -0.39 is 0 Å². The van der Waals surface area contributed by atoms with E-state index in [-0.39, 0.29) is 5.60 Å². The third-order valence-electron chi connectivity index (χ3n) is 4.28. The van der Waals surface area contributed by atoms with Crippen molar-refractivity contribution in [3.05, 3.63) is 0 Å². The van der Waals surface area contributed by atoms with Crippen LogP contribution in [0.15, 0.2) is 0 Å². The van der Waals surface area contributed by atoms with Gasteiger partial charge in [-0.2, -0.15) is 0 Å². The molecule has 2 aliphatic heterocycles. The summed E-state index contributed by atoms with van der Waals surface area (Å²) in [6, 6.07) is 0. The van der Waals surface area contributed by atoms with Crippen molar-refractivity contribution in [2.24, 2.45) is 5.41 Å². The zero-order chi connectivity index (χ0) is 9.27. The summed E-state index contributed by atoms with van der Waals surface area (Å²) in [6.45, 7) is 6.79. The van der Waals surface area contributed by atoms with E-state index >= 15 is 0 Å². The van der Waals surface area contributed by atoms with Crippen LogP contribution in [-0.4, -0.2) is 23.9 Å². The SMILES string of the molecule is C[C@H]1O[C@H]1[C@]1(C)CC[C@@]2(C)O[C@@H]2C1. The number of rotatable bonds is 1. The van der Waals surface area contributed by atoms with Gasteiger partial charge in [0.2, 0.25) is 0 Å². The van der Waals surface area contributed by atoms with Gasteiger partial charge in [-0.25, -0.2) is 0 Å². The molecule has 0 spiro atoms. The lowest BCUT2D eigenvalue weighted by Gasteiger charge is -2.32. The molecular formula is C11H18O2. The average molecular weight is 182 g/mol. The zero-order valence-electron chi connectivity index (χ0n) is 8.67. The number of ether oxygens (including phenoxy) is 2. The van der Waals surface area contributed by atoms with E-state index in [4.69, 9.17) is 9.47 Å². The Bertz CT molecular complexity index is 252. The molecule has 0 radical (unpaired) electrons. The highest BCUT2D eigenvalue weighted by atomic mass is 16.6. The Labute approximate surface area is 79.6 Å². The molecule has 5 atom stereocenters. The van der Waals surface area contributed by atoms with Crippen LogP contribution in [0.25, 0.3) is 0 Å². The van der Waals surface area contributed by atoms with Crippen molar-refractivity contribution < 1.29 is 9.47 Å². The van der Waals surface area contributed by atoms with Gasteiger partial charge < -0.3 is 9.47 Å². The molecule has 0 aromatic heterocycles. The van der Waals surface area contributed by atoms with Gasteiger partial charge in [0.05, 0.1) is 23.9 Å². The normalized spacial score (nSPS) is 64.4. The summed E-state index contributed by atoms with van der Waals surface area (Å²) < 4.78 is 11.3. The smallest absolute Gasteiger partial charge is 0.0920 e. The predicted octanol–water partition coefficient (Wildman–Crippen LogP) is 2.12. The van der Waals surface area contributed by atoms with E-state index in [0.717, 1.165) is 0 Å². The van der Waals surface area contributed by atoms with Gasteiger partial charge in [0, 0.05) is 0 Å².